The summed E-state index contributed by atoms with van der Waals surface area (Å²) in [7, 11) is 0. The summed E-state index contributed by atoms with van der Waals surface area (Å²) < 4.78 is 45.1. The van der Waals surface area contributed by atoms with Gasteiger partial charge in [-0.2, -0.15) is 13.2 Å². The molecule has 0 spiro atoms. The molecule has 0 aromatic rings. The third kappa shape index (κ3) is 2.55. The van der Waals surface area contributed by atoms with Crippen LogP contribution in [-0.4, -0.2) is 37.4 Å². The number of carbonyl (C=O) groups excluding carboxylic acids is 1. The molecule has 1 fully saturated rings. The molecule has 0 bridgehead atoms. The summed E-state index contributed by atoms with van der Waals surface area (Å²) >= 11 is 0. The summed E-state index contributed by atoms with van der Waals surface area (Å²) in [4.78, 5) is 10.6. The molecule has 1 aliphatic rings. The van der Waals surface area contributed by atoms with Crippen LogP contribution in [0.2, 0.25) is 0 Å². The van der Waals surface area contributed by atoms with Crippen molar-refractivity contribution in [3.63, 3.8) is 0 Å². The van der Waals surface area contributed by atoms with E-state index in [1.165, 1.54) is 0 Å². The van der Waals surface area contributed by atoms with Crippen molar-refractivity contribution < 1.29 is 27.4 Å². The second-order valence-electron chi connectivity index (χ2n) is 2.82. The summed E-state index contributed by atoms with van der Waals surface area (Å²) in [5.74, 6) is -0.446. The largest absolute Gasteiger partial charge is 0.417 e. The van der Waals surface area contributed by atoms with E-state index in [9.17, 15) is 18.0 Å². The Morgan fingerprint density at radius 2 is 2.29 bits per heavy atom. The standard InChI is InChI=1S/C8H9F3O3/c1-2-5(12)3-13-6-4-14-7(6)8(9,10)11/h2,6-7H,1,3-4H2. The van der Waals surface area contributed by atoms with Crippen molar-refractivity contribution in [2.45, 2.75) is 18.4 Å². The number of ketones is 1. The Kier molecular flexibility index (Phi) is 3.28. The molecule has 0 N–H and O–H groups in total. The highest BCUT2D eigenvalue weighted by Crippen LogP contribution is 2.32. The molecule has 0 aromatic heterocycles. The van der Waals surface area contributed by atoms with E-state index < -0.39 is 24.2 Å². The zero-order valence-electron chi connectivity index (χ0n) is 7.21. The third-order valence-corrected chi connectivity index (χ3v) is 1.77. The molecule has 0 aromatic carbocycles. The van der Waals surface area contributed by atoms with Crippen molar-refractivity contribution in [1.29, 1.82) is 0 Å². The van der Waals surface area contributed by atoms with Gasteiger partial charge in [0.05, 0.1) is 6.61 Å². The quantitative estimate of drug-likeness (QED) is 0.651. The molecule has 14 heavy (non-hydrogen) atoms. The van der Waals surface area contributed by atoms with Gasteiger partial charge in [-0.05, 0) is 6.08 Å². The van der Waals surface area contributed by atoms with Crippen LogP contribution in [0.5, 0.6) is 0 Å². The van der Waals surface area contributed by atoms with Crippen LogP contribution in [0.4, 0.5) is 13.2 Å². The minimum Gasteiger partial charge on any atom is -0.365 e. The molecule has 2 atom stereocenters. The fourth-order valence-corrected chi connectivity index (χ4v) is 0.960. The van der Waals surface area contributed by atoms with Gasteiger partial charge in [-0.25, -0.2) is 0 Å². The lowest BCUT2D eigenvalue weighted by Gasteiger charge is -2.37. The Morgan fingerprint density at radius 1 is 1.64 bits per heavy atom. The summed E-state index contributed by atoms with van der Waals surface area (Å²) in [5.41, 5.74) is 0. The van der Waals surface area contributed by atoms with E-state index in [0.717, 1.165) is 6.08 Å². The van der Waals surface area contributed by atoms with Crippen molar-refractivity contribution in [2.75, 3.05) is 13.2 Å². The molecule has 0 aliphatic carbocycles. The molecule has 0 saturated carbocycles. The molecular formula is C8H9F3O3. The third-order valence-electron chi connectivity index (χ3n) is 1.77. The first-order valence-corrected chi connectivity index (χ1v) is 3.90. The minimum absolute atomic E-state index is 0.130. The van der Waals surface area contributed by atoms with Crippen LogP contribution in [0.15, 0.2) is 12.7 Å². The second kappa shape index (κ2) is 4.10. The fraction of sp³-hybridized carbons (Fsp3) is 0.625. The highest BCUT2D eigenvalue weighted by Gasteiger charge is 2.52. The molecule has 3 nitrogen and oxygen atoms in total. The summed E-state index contributed by atoms with van der Waals surface area (Å²) in [6, 6.07) is 0. The molecular weight excluding hydrogens is 201 g/mol. The second-order valence-corrected chi connectivity index (χ2v) is 2.82. The van der Waals surface area contributed by atoms with Crippen molar-refractivity contribution in [1.82, 2.24) is 0 Å². The first kappa shape index (κ1) is 11.2. The topological polar surface area (TPSA) is 35.5 Å². The maximum absolute atomic E-state index is 12.0. The van der Waals surface area contributed by atoms with Crippen LogP contribution >= 0.6 is 0 Å². The molecule has 1 rings (SSSR count). The molecule has 2 unspecified atom stereocenters. The Morgan fingerprint density at radius 3 is 2.64 bits per heavy atom. The first-order valence-electron chi connectivity index (χ1n) is 3.90. The average Bonchev–Trinajstić information content (AvgIpc) is 1.99. The van der Waals surface area contributed by atoms with Gasteiger partial charge in [0.1, 0.15) is 12.7 Å². The molecule has 1 aliphatic heterocycles. The van der Waals surface area contributed by atoms with E-state index in [0.29, 0.717) is 0 Å². The molecule has 0 amide bonds. The Labute approximate surface area is 78.5 Å². The Hall–Kier alpha value is -0.880. The van der Waals surface area contributed by atoms with Gasteiger partial charge < -0.3 is 9.47 Å². The zero-order valence-corrected chi connectivity index (χ0v) is 7.21. The molecule has 6 heteroatoms. The predicted molar refractivity (Wildman–Crippen MR) is 40.7 cm³/mol. The highest BCUT2D eigenvalue weighted by molar-refractivity contribution is 5.90. The summed E-state index contributed by atoms with van der Waals surface area (Å²) in [6.07, 6.45) is -6.40. The number of ether oxygens (including phenoxy) is 2. The predicted octanol–water partition coefficient (Wildman–Crippen LogP) is 1.09. The monoisotopic (exact) mass is 210 g/mol. The van der Waals surface area contributed by atoms with Crippen LogP contribution in [0.1, 0.15) is 0 Å². The Balaban J connectivity index is 2.33. The van der Waals surface area contributed by atoms with Gasteiger partial charge >= 0.3 is 6.18 Å². The van der Waals surface area contributed by atoms with Crippen LogP contribution in [0, 0.1) is 0 Å². The van der Waals surface area contributed by atoms with Crippen LogP contribution in [0.25, 0.3) is 0 Å². The zero-order chi connectivity index (χ0) is 10.8. The van der Waals surface area contributed by atoms with E-state index in [2.05, 4.69) is 11.3 Å². The molecule has 1 saturated heterocycles. The van der Waals surface area contributed by atoms with Crippen molar-refractivity contribution in [3.8, 4) is 0 Å². The van der Waals surface area contributed by atoms with E-state index in [-0.39, 0.29) is 13.2 Å². The minimum atomic E-state index is -4.43. The first-order chi connectivity index (χ1) is 6.45. The van der Waals surface area contributed by atoms with E-state index >= 15 is 0 Å². The maximum atomic E-state index is 12.0. The number of alkyl halides is 3. The number of rotatable bonds is 4. The van der Waals surface area contributed by atoms with E-state index in [1.807, 2.05) is 0 Å². The molecule has 1 heterocycles. The van der Waals surface area contributed by atoms with Crippen molar-refractivity contribution in [2.24, 2.45) is 0 Å². The number of hydrogen-bond donors (Lipinski definition) is 0. The molecule has 0 radical (unpaired) electrons. The van der Waals surface area contributed by atoms with Gasteiger partial charge in [0.2, 0.25) is 0 Å². The number of carbonyl (C=O) groups is 1. The SMILES string of the molecule is C=CC(=O)COC1COC1C(F)(F)F. The number of hydrogen-bond acceptors (Lipinski definition) is 3. The van der Waals surface area contributed by atoms with Crippen LogP contribution < -0.4 is 0 Å². The fourth-order valence-electron chi connectivity index (χ4n) is 0.960. The smallest absolute Gasteiger partial charge is 0.365 e. The Bertz CT molecular complexity index is 236. The van der Waals surface area contributed by atoms with Gasteiger partial charge in [0.15, 0.2) is 11.9 Å². The van der Waals surface area contributed by atoms with Crippen LogP contribution in [0.3, 0.4) is 0 Å². The van der Waals surface area contributed by atoms with Gasteiger partial charge in [-0.15, -0.1) is 0 Å². The van der Waals surface area contributed by atoms with E-state index in [1.54, 1.807) is 0 Å². The lowest BCUT2D eigenvalue weighted by Crippen LogP contribution is -2.55. The number of halogens is 3. The maximum Gasteiger partial charge on any atom is 0.417 e. The molecule has 80 valence electrons. The normalized spacial score (nSPS) is 26.8. The average molecular weight is 210 g/mol. The highest BCUT2D eigenvalue weighted by atomic mass is 19.4. The summed E-state index contributed by atoms with van der Waals surface area (Å²) in [5, 5.41) is 0. The van der Waals surface area contributed by atoms with E-state index in [4.69, 9.17) is 4.74 Å². The van der Waals surface area contributed by atoms with Gasteiger partial charge in [0.25, 0.3) is 0 Å². The van der Waals surface area contributed by atoms with Gasteiger partial charge in [-0.1, -0.05) is 6.58 Å². The lowest BCUT2D eigenvalue weighted by atomic mass is 10.1. The van der Waals surface area contributed by atoms with Crippen molar-refractivity contribution >= 4 is 5.78 Å². The van der Waals surface area contributed by atoms with Gasteiger partial charge in [-0.3, -0.25) is 4.79 Å². The van der Waals surface area contributed by atoms with Gasteiger partial charge in [0, 0.05) is 0 Å². The van der Waals surface area contributed by atoms with Crippen molar-refractivity contribution in [3.05, 3.63) is 12.7 Å². The van der Waals surface area contributed by atoms with Crippen LogP contribution in [-0.2, 0) is 14.3 Å². The lowest BCUT2D eigenvalue weighted by molar-refractivity contribution is -0.310. The summed E-state index contributed by atoms with van der Waals surface area (Å²) in [6.45, 7) is 2.65.